The first-order chi connectivity index (χ1) is 13.6. The van der Waals surface area contributed by atoms with Crippen LogP contribution in [0.5, 0.6) is 11.5 Å². The Morgan fingerprint density at radius 3 is 2.43 bits per heavy atom. The van der Waals surface area contributed by atoms with Crippen LogP contribution in [0.25, 0.3) is 0 Å². The minimum absolute atomic E-state index is 0.292. The molecule has 0 radical (unpaired) electrons. The molecule has 2 aromatic carbocycles. The molecule has 0 bridgehead atoms. The van der Waals surface area contributed by atoms with E-state index in [0.29, 0.717) is 41.5 Å². The minimum atomic E-state index is -0.506. The molecule has 28 heavy (non-hydrogen) atoms. The molecule has 2 amide bonds. The zero-order chi connectivity index (χ0) is 19.5. The Morgan fingerprint density at radius 2 is 1.68 bits per heavy atom. The van der Waals surface area contributed by atoms with E-state index in [2.05, 4.69) is 10.2 Å². The minimum Gasteiger partial charge on any atom is -0.490 e. The highest BCUT2D eigenvalue weighted by atomic mass is 16.5. The summed E-state index contributed by atoms with van der Waals surface area (Å²) in [6.07, 6.45) is 3.00. The molecule has 3 N–H and O–H groups in total. The lowest BCUT2D eigenvalue weighted by molar-refractivity contribution is 0.0996. The molecular formula is C21H23N3O4. The van der Waals surface area contributed by atoms with Gasteiger partial charge in [0.15, 0.2) is 11.5 Å². The molecule has 2 aromatic rings. The Kier molecular flexibility index (Phi) is 5.06. The molecule has 1 saturated heterocycles. The van der Waals surface area contributed by atoms with Gasteiger partial charge in [0.25, 0.3) is 11.8 Å². The second kappa shape index (κ2) is 7.80. The van der Waals surface area contributed by atoms with Crippen LogP contribution in [0.3, 0.4) is 0 Å². The third-order valence-corrected chi connectivity index (χ3v) is 4.98. The van der Waals surface area contributed by atoms with Crippen LogP contribution < -0.4 is 25.4 Å². The molecular weight excluding hydrogens is 358 g/mol. The number of benzene rings is 2. The van der Waals surface area contributed by atoms with Crippen LogP contribution >= 0.6 is 0 Å². The lowest BCUT2D eigenvalue weighted by Gasteiger charge is -2.21. The molecule has 146 valence electrons. The molecule has 1 fully saturated rings. The molecule has 7 nitrogen and oxygen atoms in total. The van der Waals surface area contributed by atoms with Gasteiger partial charge in [0.05, 0.1) is 18.8 Å². The van der Waals surface area contributed by atoms with Crippen molar-refractivity contribution in [3.63, 3.8) is 0 Å². The predicted octanol–water partition coefficient (Wildman–Crippen LogP) is 2.80. The molecule has 0 aliphatic carbocycles. The number of rotatable bonds is 4. The van der Waals surface area contributed by atoms with Crippen LogP contribution in [0.2, 0.25) is 0 Å². The second-order valence-electron chi connectivity index (χ2n) is 6.96. The topological polar surface area (TPSA) is 93.9 Å². The summed E-state index contributed by atoms with van der Waals surface area (Å²) in [5.74, 6) is 0.404. The van der Waals surface area contributed by atoms with E-state index < -0.39 is 5.91 Å². The molecule has 4 rings (SSSR count). The summed E-state index contributed by atoms with van der Waals surface area (Å²) in [5.41, 5.74) is 7.78. The van der Waals surface area contributed by atoms with Gasteiger partial charge in [-0.25, -0.2) is 0 Å². The van der Waals surface area contributed by atoms with Gasteiger partial charge in [-0.2, -0.15) is 0 Å². The van der Waals surface area contributed by atoms with Crippen LogP contribution in [-0.2, 0) is 0 Å². The Hall–Kier alpha value is -3.22. The summed E-state index contributed by atoms with van der Waals surface area (Å²) in [4.78, 5) is 26.8. The maximum absolute atomic E-state index is 12.7. The fourth-order valence-corrected chi connectivity index (χ4v) is 3.55. The summed E-state index contributed by atoms with van der Waals surface area (Å²) in [6, 6.07) is 10.4. The number of nitrogens with one attached hydrogen (secondary N) is 1. The number of nitrogens with two attached hydrogens (primary N) is 1. The van der Waals surface area contributed by atoms with E-state index in [1.54, 1.807) is 30.3 Å². The number of carbonyl (C=O) groups excluding carboxylic acids is 2. The summed E-state index contributed by atoms with van der Waals surface area (Å²) >= 11 is 0. The Labute approximate surface area is 163 Å². The highest BCUT2D eigenvalue weighted by Crippen LogP contribution is 2.31. The number of hydrogen-bond donors (Lipinski definition) is 2. The number of amides is 2. The van der Waals surface area contributed by atoms with Crippen LogP contribution in [-0.4, -0.2) is 38.1 Å². The average Bonchev–Trinajstić information content (AvgIpc) is 3.12. The Balaban J connectivity index is 1.55. The van der Waals surface area contributed by atoms with Crippen molar-refractivity contribution < 1.29 is 19.1 Å². The molecule has 0 aromatic heterocycles. The monoisotopic (exact) mass is 381 g/mol. The van der Waals surface area contributed by atoms with Crippen molar-refractivity contribution in [2.75, 3.05) is 36.5 Å². The number of anilines is 2. The quantitative estimate of drug-likeness (QED) is 0.849. The third-order valence-electron chi connectivity index (χ3n) is 4.98. The van der Waals surface area contributed by atoms with Crippen molar-refractivity contribution in [1.82, 2.24) is 0 Å². The van der Waals surface area contributed by atoms with Crippen molar-refractivity contribution in [3.8, 4) is 11.5 Å². The molecule has 2 aliphatic rings. The van der Waals surface area contributed by atoms with Crippen molar-refractivity contribution in [1.29, 1.82) is 0 Å². The van der Waals surface area contributed by atoms with Gasteiger partial charge < -0.3 is 25.4 Å². The SMILES string of the molecule is NC(=O)c1cc(NC(=O)c2ccc3c(c2)OCCCO3)ccc1N1CCCC1. The number of fused-ring (bicyclic) bond motifs is 1. The summed E-state index contributed by atoms with van der Waals surface area (Å²) < 4.78 is 11.2. The van der Waals surface area contributed by atoms with Gasteiger partial charge in [-0.15, -0.1) is 0 Å². The number of ether oxygens (including phenoxy) is 2. The molecule has 7 heteroatoms. The highest BCUT2D eigenvalue weighted by Gasteiger charge is 2.20. The fraction of sp³-hybridized carbons (Fsp3) is 0.333. The molecule has 0 atom stereocenters. The molecule has 0 unspecified atom stereocenters. The fourth-order valence-electron chi connectivity index (χ4n) is 3.55. The number of carbonyl (C=O) groups is 2. The Morgan fingerprint density at radius 1 is 0.929 bits per heavy atom. The maximum Gasteiger partial charge on any atom is 0.255 e. The largest absolute Gasteiger partial charge is 0.490 e. The van der Waals surface area contributed by atoms with Crippen molar-refractivity contribution in [3.05, 3.63) is 47.5 Å². The predicted molar refractivity (Wildman–Crippen MR) is 106 cm³/mol. The summed E-state index contributed by atoms with van der Waals surface area (Å²) in [7, 11) is 0. The second-order valence-corrected chi connectivity index (χ2v) is 6.96. The van der Waals surface area contributed by atoms with Crippen LogP contribution in [0.15, 0.2) is 36.4 Å². The van der Waals surface area contributed by atoms with E-state index in [1.807, 2.05) is 6.07 Å². The summed E-state index contributed by atoms with van der Waals surface area (Å²) in [6.45, 7) is 2.96. The maximum atomic E-state index is 12.7. The number of nitrogens with zero attached hydrogens (tertiary/aromatic N) is 1. The first kappa shape index (κ1) is 18.2. The van der Waals surface area contributed by atoms with Gasteiger partial charge in [-0.3, -0.25) is 9.59 Å². The van der Waals surface area contributed by atoms with E-state index in [-0.39, 0.29) is 5.91 Å². The zero-order valence-corrected chi connectivity index (χ0v) is 15.6. The van der Waals surface area contributed by atoms with Crippen LogP contribution in [0.1, 0.15) is 40.0 Å². The molecule has 2 heterocycles. The van der Waals surface area contributed by atoms with E-state index >= 15 is 0 Å². The van der Waals surface area contributed by atoms with Crippen molar-refractivity contribution >= 4 is 23.2 Å². The summed E-state index contributed by atoms with van der Waals surface area (Å²) in [5, 5.41) is 2.83. The molecule has 2 aliphatic heterocycles. The van der Waals surface area contributed by atoms with Gasteiger partial charge >= 0.3 is 0 Å². The highest BCUT2D eigenvalue weighted by molar-refractivity contribution is 6.06. The third kappa shape index (κ3) is 3.74. The van der Waals surface area contributed by atoms with Gasteiger partial charge in [-0.05, 0) is 49.2 Å². The zero-order valence-electron chi connectivity index (χ0n) is 15.6. The first-order valence-corrected chi connectivity index (χ1v) is 9.51. The van der Waals surface area contributed by atoms with Gasteiger partial charge in [-0.1, -0.05) is 0 Å². The first-order valence-electron chi connectivity index (χ1n) is 9.51. The smallest absolute Gasteiger partial charge is 0.255 e. The van der Waals surface area contributed by atoms with Gasteiger partial charge in [0.2, 0.25) is 0 Å². The van der Waals surface area contributed by atoms with E-state index in [1.165, 1.54) is 0 Å². The van der Waals surface area contributed by atoms with Gasteiger partial charge in [0.1, 0.15) is 0 Å². The molecule has 0 spiro atoms. The normalized spacial score (nSPS) is 15.8. The van der Waals surface area contributed by atoms with E-state index in [0.717, 1.165) is 38.0 Å². The number of primary amides is 1. The van der Waals surface area contributed by atoms with Crippen molar-refractivity contribution in [2.45, 2.75) is 19.3 Å². The molecule has 0 saturated carbocycles. The van der Waals surface area contributed by atoms with Crippen molar-refractivity contribution in [2.24, 2.45) is 5.73 Å². The van der Waals surface area contributed by atoms with Crippen LogP contribution in [0, 0.1) is 0 Å². The standard InChI is InChI=1S/C21H23N3O4/c22-20(25)16-13-15(5-6-17(16)24-8-1-2-9-24)23-21(26)14-4-7-18-19(12-14)28-11-3-10-27-18/h4-7,12-13H,1-3,8-11H2,(H2,22,25)(H,23,26). The Bertz CT molecular complexity index is 907. The lowest BCUT2D eigenvalue weighted by Crippen LogP contribution is -2.23. The van der Waals surface area contributed by atoms with Crippen LogP contribution in [0.4, 0.5) is 11.4 Å². The average molecular weight is 381 g/mol. The van der Waals surface area contributed by atoms with E-state index in [4.69, 9.17) is 15.2 Å². The lowest BCUT2D eigenvalue weighted by atomic mass is 10.1. The van der Waals surface area contributed by atoms with E-state index in [9.17, 15) is 9.59 Å². The number of hydrogen-bond acceptors (Lipinski definition) is 5. The van der Waals surface area contributed by atoms with Gasteiger partial charge in [0, 0.05) is 36.4 Å².